The Hall–Kier alpha value is -2.01. The predicted octanol–water partition coefficient (Wildman–Crippen LogP) is 5.54. The molecule has 1 atom stereocenters. The molecule has 11 heteroatoms. The minimum absolute atomic E-state index is 0.322. The molecule has 1 unspecified atom stereocenters. The van der Waals surface area contributed by atoms with Crippen molar-refractivity contribution in [1.82, 2.24) is 24.7 Å². The van der Waals surface area contributed by atoms with Crippen LogP contribution in [0.4, 0.5) is 13.2 Å². The molecule has 6 nitrogen and oxygen atoms in total. The third kappa shape index (κ3) is 6.26. The number of H-pyrrole nitrogens is 1. The van der Waals surface area contributed by atoms with Gasteiger partial charge in [0.25, 0.3) is 0 Å². The summed E-state index contributed by atoms with van der Waals surface area (Å²) in [4.78, 5) is 20.4. The summed E-state index contributed by atoms with van der Waals surface area (Å²) in [6.07, 6.45) is 5.69. The van der Waals surface area contributed by atoms with Crippen LogP contribution in [0.25, 0.3) is 22.3 Å². The molecule has 0 spiro atoms. The van der Waals surface area contributed by atoms with E-state index in [1.165, 1.54) is 0 Å². The van der Waals surface area contributed by atoms with Crippen molar-refractivity contribution in [3.05, 3.63) is 40.5 Å². The summed E-state index contributed by atoms with van der Waals surface area (Å²) < 4.78 is 34.2. The maximum absolute atomic E-state index is 10.4. The number of carbonyl (C=O) groups excluding carboxylic acids is 1. The van der Waals surface area contributed by atoms with Gasteiger partial charge in [0.15, 0.2) is 0 Å². The molecule has 0 bridgehead atoms. The Bertz CT molecular complexity index is 948. The van der Waals surface area contributed by atoms with Crippen molar-refractivity contribution in [2.24, 2.45) is 0 Å². The Labute approximate surface area is 175 Å². The average Bonchev–Trinajstić information content (AvgIpc) is 3.31. The van der Waals surface area contributed by atoms with Crippen molar-refractivity contribution in [2.45, 2.75) is 32.0 Å². The van der Waals surface area contributed by atoms with Crippen LogP contribution in [-0.2, 0) is 4.79 Å². The molecule has 3 heterocycles. The number of alkyl halides is 3. The van der Waals surface area contributed by atoms with E-state index in [0.29, 0.717) is 6.04 Å². The number of nitrogens with zero attached hydrogens (tertiary/aromatic N) is 4. The van der Waals surface area contributed by atoms with E-state index in [2.05, 4.69) is 71.1 Å². The van der Waals surface area contributed by atoms with Gasteiger partial charge in [-0.05, 0) is 50.8 Å². The molecule has 0 aliphatic rings. The second-order valence-electron chi connectivity index (χ2n) is 5.62. The van der Waals surface area contributed by atoms with E-state index in [4.69, 9.17) is 4.79 Å². The van der Waals surface area contributed by atoms with E-state index in [9.17, 15) is 13.2 Å². The van der Waals surface area contributed by atoms with Crippen LogP contribution in [0.1, 0.15) is 25.8 Å². The number of aldehydes is 1. The molecule has 0 aliphatic carbocycles. The van der Waals surface area contributed by atoms with Gasteiger partial charge in [0, 0.05) is 23.3 Å². The standard InChI is InChI=1S/C15H15Br2N5.C2HF3O/c1-2-11(3-4-13(16)17)22-8-10(7-21-22)14-12-5-6-18-15(12)20-9-19-14;3-2(4,5)1-6/h4-9,11H,2-3H2,1H3,(H,18,19,20);1H. The smallest absolute Gasteiger partial charge is 0.346 e. The van der Waals surface area contributed by atoms with Crippen LogP contribution in [0.3, 0.4) is 0 Å². The highest BCUT2D eigenvalue weighted by atomic mass is 79.9. The van der Waals surface area contributed by atoms with Crippen LogP contribution in [-0.4, -0.2) is 37.2 Å². The van der Waals surface area contributed by atoms with Crippen molar-refractivity contribution in [3.63, 3.8) is 0 Å². The molecule has 3 aromatic rings. The second-order valence-corrected chi connectivity index (χ2v) is 8.40. The van der Waals surface area contributed by atoms with E-state index in [-0.39, 0.29) is 0 Å². The molecule has 0 amide bonds. The van der Waals surface area contributed by atoms with E-state index in [0.717, 1.165) is 38.5 Å². The molecule has 0 radical (unpaired) electrons. The number of carbonyl (C=O) groups is 1. The molecule has 28 heavy (non-hydrogen) atoms. The number of hydrogen-bond acceptors (Lipinski definition) is 4. The van der Waals surface area contributed by atoms with Gasteiger partial charge in [-0.2, -0.15) is 18.3 Å². The van der Waals surface area contributed by atoms with E-state index >= 15 is 0 Å². The lowest BCUT2D eigenvalue weighted by atomic mass is 10.1. The lowest BCUT2D eigenvalue weighted by molar-refractivity contribution is -0.156. The van der Waals surface area contributed by atoms with Gasteiger partial charge in [0.2, 0.25) is 6.29 Å². The number of aromatic nitrogens is 5. The molecule has 0 saturated carbocycles. The number of rotatable bonds is 5. The first-order chi connectivity index (χ1) is 13.2. The molecule has 0 saturated heterocycles. The number of allylic oxidation sites excluding steroid dienone is 1. The topological polar surface area (TPSA) is 76.5 Å². The summed E-state index contributed by atoms with van der Waals surface area (Å²) in [7, 11) is 0. The van der Waals surface area contributed by atoms with E-state index < -0.39 is 12.5 Å². The maximum atomic E-state index is 10.4. The van der Waals surface area contributed by atoms with Crippen molar-refractivity contribution in [2.75, 3.05) is 0 Å². The van der Waals surface area contributed by atoms with E-state index in [1.54, 1.807) is 6.33 Å². The first kappa shape index (κ1) is 22.3. The summed E-state index contributed by atoms with van der Waals surface area (Å²) in [6, 6.07) is 2.31. The highest BCUT2D eigenvalue weighted by molar-refractivity contribution is 9.28. The lowest BCUT2D eigenvalue weighted by Gasteiger charge is -2.13. The van der Waals surface area contributed by atoms with Gasteiger partial charge in [0.1, 0.15) is 12.0 Å². The molecular weight excluding hydrogens is 507 g/mol. The van der Waals surface area contributed by atoms with Crippen molar-refractivity contribution < 1.29 is 18.0 Å². The van der Waals surface area contributed by atoms with Crippen LogP contribution in [0.2, 0.25) is 0 Å². The molecule has 0 fully saturated rings. The summed E-state index contributed by atoms with van der Waals surface area (Å²) in [5, 5.41) is 5.53. The lowest BCUT2D eigenvalue weighted by Crippen LogP contribution is -2.07. The number of hydrogen-bond donors (Lipinski definition) is 1. The molecule has 3 rings (SSSR count). The summed E-state index contributed by atoms with van der Waals surface area (Å²) >= 11 is 6.79. The zero-order valence-corrected chi connectivity index (χ0v) is 17.8. The minimum Gasteiger partial charge on any atom is -0.346 e. The summed E-state index contributed by atoms with van der Waals surface area (Å²) in [6.45, 7) is 2.16. The Kier molecular flexibility index (Phi) is 7.93. The van der Waals surface area contributed by atoms with Crippen LogP contribution >= 0.6 is 31.9 Å². The summed E-state index contributed by atoms with van der Waals surface area (Å²) in [5.74, 6) is 0. The molecule has 150 valence electrons. The van der Waals surface area contributed by atoms with Gasteiger partial charge >= 0.3 is 6.18 Å². The third-order valence-electron chi connectivity index (χ3n) is 3.75. The van der Waals surface area contributed by atoms with Crippen LogP contribution in [0.5, 0.6) is 0 Å². The monoisotopic (exact) mass is 521 g/mol. The fraction of sp³-hybridized carbons (Fsp3) is 0.294. The Balaban J connectivity index is 0.000000409. The van der Waals surface area contributed by atoms with Crippen molar-refractivity contribution >= 4 is 49.2 Å². The van der Waals surface area contributed by atoms with Crippen molar-refractivity contribution in [3.8, 4) is 11.3 Å². The normalized spacial score (nSPS) is 12.2. The molecule has 0 aliphatic heterocycles. The van der Waals surface area contributed by atoms with Crippen LogP contribution in [0.15, 0.2) is 40.5 Å². The number of halogens is 5. The molecular formula is C17H16Br2F3N5O. The zero-order chi connectivity index (χ0) is 20.7. The van der Waals surface area contributed by atoms with Gasteiger partial charge in [-0.3, -0.25) is 9.48 Å². The maximum Gasteiger partial charge on any atom is 0.446 e. The third-order valence-corrected chi connectivity index (χ3v) is 4.40. The largest absolute Gasteiger partial charge is 0.446 e. The number of aromatic amines is 1. The van der Waals surface area contributed by atoms with E-state index in [1.807, 2.05) is 23.1 Å². The SMILES string of the molecule is CCC(CC=C(Br)Br)n1cc(-c2ncnc3[nH]ccc23)cn1.O=CC(F)(F)F. The van der Waals surface area contributed by atoms with Crippen molar-refractivity contribution in [1.29, 1.82) is 0 Å². The number of nitrogens with one attached hydrogen (secondary N) is 1. The first-order valence-electron chi connectivity index (χ1n) is 8.12. The van der Waals surface area contributed by atoms with Gasteiger partial charge in [-0.15, -0.1) is 0 Å². The number of fused-ring (bicyclic) bond motifs is 1. The van der Waals surface area contributed by atoms with Crippen LogP contribution in [0, 0.1) is 0 Å². The van der Waals surface area contributed by atoms with Crippen LogP contribution < -0.4 is 0 Å². The average molecular weight is 523 g/mol. The Morgan fingerprint density at radius 2 is 2.07 bits per heavy atom. The molecule has 0 aromatic carbocycles. The fourth-order valence-electron chi connectivity index (χ4n) is 2.45. The highest BCUT2D eigenvalue weighted by Crippen LogP contribution is 2.27. The van der Waals surface area contributed by atoms with Gasteiger partial charge in [-0.1, -0.05) is 13.0 Å². The summed E-state index contributed by atoms with van der Waals surface area (Å²) in [5.41, 5.74) is 2.76. The predicted molar refractivity (Wildman–Crippen MR) is 107 cm³/mol. The minimum atomic E-state index is -4.64. The van der Waals surface area contributed by atoms with Gasteiger partial charge in [-0.25, -0.2) is 9.97 Å². The highest BCUT2D eigenvalue weighted by Gasteiger charge is 2.24. The first-order valence-corrected chi connectivity index (χ1v) is 9.70. The molecule has 1 N–H and O–H groups in total. The zero-order valence-electron chi connectivity index (χ0n) is 14.6. The van der Waals surface area contributed by atoms with Gasteiger partial charge in [0.05, 0.1) is 21.3 Å². The molecule has 3 aromatic heterocycles. The van der Waals surface area contributed by atoms with Gasteiger partial charge < -0.3 is 4.98 Å². The Morgan fingerprint density at radius 1 is 1.36 bits per heavy atom. The fourth-order valence-corrected chi connectivity index (χ4v) is 2.82. The second kappa shape index (κ2) is 9.97. The Morgan fingerprint density at radius 3 is 2.68 bits per heavy atom. The quantitative estimate of drug-likeness (QED) is 0.446.